The number of rotatable bonds is 11. The fraction of sp³-hybridized carbons (Fsp3) is 0.591. The molecule has 0 heterocycles. The zero-order valence-electron chi connectivity index (χ0n) is 17.2. The van der Waals surface area contributed by atoms with Gasteiger partial charge in [0, 0.05) is 19.5 Å². The first-order valence-electron chi connectivity index (χ1n) is 10.4. The van der Waals surface area contributed by atoms with E-state index < -0.39 is 10.0 Å². The van der Waals surface area contributed by atoms with E-state index >= 15 is 0 Å². The topological polar surface area (TPSA) is 66.5 Å². The molecular formula is C22H34N2O3S. The smallest absolute Gasteiger partial charge is 0.232 e. The second-order valence-corrected chi connectivity index (χ2v) is 9.50. The lowest BCUT2D eigenvalue weighted by atomic mass is 10.00. The number of hydrogen-bond acceptors (Lipinski definition) is 3. The molecule has 0 aliphatic heterocycles. The van der Waals surface area contributed by atoms with E-state index in [9.17, 15) is 13.2 Å². The van der Waals surface area contributed by atoms with Crippen LogP contribution in [-0.2, 0) is 21.2 Å². The molecule has 0 saturated carbocycles. The summed E-state index contributed by atoms with van der Waals surface area (Å²) < 4.78 is 25.8. The number of nitrogens with zero attached hydrogens (tertiary/aromatic N) is 1. The number of benzene rings is 1. The second-order valence-electron chi connectivity index (χ2n) is 7.59. The van der Waals surface area contributed by atoms with Crippen LogP contribution in [0, 0.1) is 0 Å². The predicted molar refractivity (Wildman–Crippen MR) is 116 cm³/mol. The SMILES string of the molecule is CCCCc1ccc(N(CCCC(=O)NCC2=CCCCC2)S(C)(=O)=O)cc1. The van der Waals surface area contributed by atoms with Crippen molar-refractivity contribution in [3.8, 4) is 0 Å². The quantitative estimate of drug-likeness (QED) is 0.560. The lowest BCUT2D eigenvalue weighted by molar-refractivity contribution is -0.120. The van der Waals surface area contributed by atoms with Gasteiger partial charge in [0.2, 0.25) is 15.9 Å². The molecule has 1 aromatic carbocycles. The molecule has 1 aliphatic rings. The predicted octanol–water partition coefficient (Wildman–Crippen LogP) is 4.19. The minimum absolute atomic E-state index is 0.0187. The van der Waals surface area contributed by atoms with Crippen molar-refractivity contribution in [2.24, 2.45) is 0 Å². The van der Waals surface area contributed by atoms with Crippen LogP contribution in [0.15, 0.2) is 35.9 Å². The molecule has 0 aromatic heterocycles. The number of amides is 1. The second kappa shape index (κ2) is 11.2. The number of unbranched alkanes of at least 4 members (excludes halogenated alkanes) is 1. The van der Waals surface area contributed by atoms with Gasteiger partial charge >= 0.3 is 0 Å². The van der Waals surface area contributed by atoms with Crippen LogP contribution in [0.4, 0.5) is 5.69 Å². The first-order valence-corrected chi connectivity index (χ1v) is 12.3. The number of hydrogen-bond donors (Lipinski definition) is 1. The van der Waals surface area contributed by atoms with Crippen LogP contribution in [-0.4, -0.2) is 33.7 Å². The van der Waals surface area contributed by atoms with Gasteiger partial charge in [-0.2, -0.15) is 0 Å². The van der Waals surface area contributed by atoms with Crippen LogP contribution in [0.2, 0.25) is 0 Å². The summed E-state index contributed by atoms with van der Waals surface area (Å²) in [7, 11) is -3.38. The van der Waals surface area contributed by atoms with Crippen molar-refractivity contribution < 1.29 is 13.2 Å². The van der Waals surface area contributed by atoms with Crippen molar-refractivity contribution in [2.75, 3.05) is 23.7 Å². The zero-order chi connectivity index (χ0) is 20.4. The van der Waals surface area contributed by atoms with Crippen LogP contribution < -0.4 is 9.62 Å². The van der Waals surface area contributed by atoms with Gasteiger partial charge in [0.15, 0.2) is 0 Å². The van der Waals surface area contributed by atoms with E-state index in [1.54, 1.807) is 0 Å². The van der Waals surface area contributed by atoms with E-state index in [-0.39, 0.29) is 5.91 Å². The van der Waals surface area contributed by atoms with Gasteiger partial charge in [-0.1, -0.05) is 37.1 Å². The Hall–Kier alpha value is -1.82. The van der Waals surface area contributed by atoms with Crippen LogP contribution in [0.5, 0.6) is 0 Å². The lowest BCUT2D eigenvalue weighted by Crippen LogP contribution is -2.32. The largest absolute Gasteiger partial charge is 0.352 e. The van der Waals surface area contributed by atoms with Crippen molar-refractivity contribution in [1.82, 2.24) is 5.32 Å². The molecule has 6 heteroatoms. The van der Waals surface area contributed by atoms with Crippen LogP contribution in [0.3, 0.4) is 0 Å². The molecule has 1 aromatic rings. The molecule has 28 heavy (non-hydrogen) atoms. The Bertz CT molecular complexity index is 754. The van der Waals surface area contributed by atoms with Crippen LogP contribution >= 0.6 is 0 Å². The molecule has 0 saturated heterocycles. The molecule has 1 N–H and O–H groups in total. The first-order chi connectivity index (χ1) is 13.4. The number of nitrogens with one attached hydrogen (secondary N) is 1. The number of aryl methyl sites for hydroxylation is 1. The molecule has 5 nitrogen and oxygen atoms in total. The van der Waals surface area contributed by atoms with Gasteiger partial charge < -0.3 is 5.32 Å². The van der Waals surface area contributed by atoms with Crippen molar-refractivity contribution >= 4 is 21.6 Å². The highest BCUT2D eigenvalue weighted by Crippen LogP contribution is 2.20. The Morgan fingerprint density at radius 2 is 1.89 bits per heavy atom. The molecular weight excluding hydrogens is 372 g/mol. The van der Waals surface area contributed by atoms with Gasteiger partial charge in [0.05, 0.1) is 11.9 Å². The number of anilines is 1. The Morgan fingerprint density at radius 3 is 2.50 bits per heavy atom. The van der Waals surface area contributed by atoms with Gasteiger partial charge in [0.1, 0.15) is 0 Å². The molecule has 1 aliphatic carbocycles. The highest BCUT2D eigenvalue weighted by Gasteiger charge is 2.17. The van der Waals surface area contributed by atoms with Gasteiger partial charge in [0.25, 0.3) is 0 Å². The lowest BCUT2D eigenvalue weighted by Gasteiger charge is -2.22. The standard InChI is InChI=1S/C22H34N2O3S/c1-3-4-9-19-13-15-21(16-14-19)24(28(2,26)27)17-8-12-22(25)23-18-20-10-6-5-7-11-20/h10,13-16H,3-9,11-12,17-18H2,1-2H3,(H,23,25). The summed E-state index contributed by atoms with van der Waals surface area (Å²) in [5, 5.41) is 2.96. The average molecular weight is 407 g/mol. The molecule has 0 fully saturated rings. The number of sulfonamides is 1. The highest BCUT2D eigenvalue weighted by atomic mass is 32.2. The van der Waals surface area contributed by atoms with E-state index in [0.29, 0.717) is 31.6 Å². The molecule has 156 valence electrons. The maximum atomic E-state index is 12.2. The summed E-state index contributed by atoms with van der Waals surface area (Å²) in [6.07, 6.45) is 12.1. The molecule has 0 unspecified atom stereocenters. The maximum Gasteiger partial charge on any atom is 0.232 e. The molecule has 1 amide bonds. The Balaban J connectivity index is 1.85. The fourth-order valence-corrected chi connectivity index (χ4v) is 4.41. The van der Waals surface area contributed by atoms with E-state index in [0.717, 1.165) is 32.1 Å². The van der Waals surface area contributed by atoms with E-state index in [1.165, 1.54) is 34.5 Å². The molecule has 0 atom stereocenters. The number of carbonyl (C=O) groups excluding carboxylic acids is 1. The third kappa shape index (κ3) is 7.66. The molecule has 0 radical (unpaired) electrons. The van der Waals surface area contributed by atoms with Gasteiger partial charge in [-0.05, 0) is 62.6 Å². The van der Waals surface area contributed by atoms with Crippen molar-refractivity contribution in [3.05, 3.63) is 41.5 Å². The monoisotopic (exact) mass is 406 g/mol. The highest BCUT2D eigenvalue weighted by molar-refractivity contribution is 7.92. The Labute approximate surface area is 170 Å². The summed E-state index contributed by atoms with van der Waals surface area (Å²) in [4.78, 5) is 12.1. The van der Waals surface area contributed by atoms with E-state index in [4.69, 9.17) is 0 Å². The third-order valence-corrected chi connectivity index (χ3v) is 6.30. The molecule has 2 rings (SSSR count). The average Bonchev–Trinajstić information content (AvgIpc) is 2.68. The number of allylic oxidation sites excluding steroid dienone is 1. The van der Waals surface area contributed by atoms with E-state index in [1.807, 2.05) is 24.3 Å². The fourth-order valence-electron chi connectivity index (χ4n) is 3.45. The van der Waals surface area contributed by atoms with Crippen molar-refractivity contribution in [1.29, 1.82) is 0 Å². The summed E-state index contributed by atoms with van der Waals surface area (Å²) >= 11 is 0. The normalized spacial score (nSPS) is 14.4. The third-order valence-electron chi connectivity index (χ3n) is 5.11. The van der Waals surface area contributed by atoms with Gasteiger partial charge in [-0.3, -0.25) is 9.10 Å². The molecule has 0 bridgehead atoms. The van der Waals surface area contributed by atoms with Crippen LogP contribution in [0.25, 0.3) is 0 Å². The minimum atomic E-state index is -3.38. The minimum Gasteiger partial charge on any atom is -0.352 e. The summed E-state index contributed by atoms with van der Waals surface area (Å²) in [5.74, 6) is -0.0187. The van der Waals surface area contributed by atoms with Crippen molar-refractivity contribution in [3.63, 3.8) is 0 Å². The molecule has 0 spiro atoms. The first kappa shape index (κ1) is 22.5. The zero-order valence-corrected chi connectivity index (χ0v) is 18.1. The van der Waals surface area contributed by atoms with Gasteiger partial charge in [-0.25, -0.2) is 8.42 Å². The number of carbonyl (C=O) groups is 1. The maximum absolute atomic E-state index is 12.2. The van der Waals surface area contributed by atoms with E-state index in [2.05, 4.69) is 18.3 Å². The summed E-state index contributed by atoms with van der Waals surface area (Å²) in [6.45, 7) is 3.08. The Morgan fingerprint density at radius 1 is 1.14 bits per heavy atom. The summed E-state index contributed by atoms with van der Waals surface area (Å²) in [6, 6.07) is 7.71. The summed E-state index contributed by atoms with van der Waals surface area (Å²) in [5.41, 5.74) is 3.19. The van der Waals surface area contributed by atoms with Crippen LogP contribution in [0.1, 0.15) is 63.9 Å². The Kier molecular flexibility index (Phi) is 9.03. The van der Waals surface area contributed by atoms with Crippen molar-refractivity contribution in [2.45, 2.75) is 64.7 Å². The van der Waals surface area contributed by atoms with Gasteiger partial charge in [-0.15, -0.1) is 0 Å².